The zero-order valence-corrected chi connectivity index (χ0v) is 6.76. The van der Waals surface area contributed by atoms with Crippen LogP contribution in [0.3, 0.4) is 0 Å². The second-order valence-electron chi connectivity index (χ2n) is 2.43. The predicted octanol–water partition coefficient (Wildman–Crippen LogP) is -2.90. The molecule has 8 heteroatoms. The fourth-order valence-electron chi connectivity index (χ4n) is 1.12. The monoisotopic (exact) mass is 265 g/mol. The molecule has 0 spiro atoms. The van der Waals surface area contributed by atoms with Gasteiger partial charge in [-0.05, 0) is 12.1 Å². The summed E-state index contributed by atoms with van der Waals surface area (Å²) < 4.78 is 24.2. The summed E-state index contributed by atoms with van der Waals surface area (Å²) in [5, 5.41) is 0. The molecular formula is C7H12BCaMgNO3S. The normalized spacial score (nSPS) is 14.8. The molecule has 0 saturated heterocycles. The largest absolute Gasteiger partial charge is 0.316 e. The Labute approximate surface area is 136 Å². The maximum Gasteiger partial charge on any atom is 0.316 e. The minimum absolute atomic E-state index is 0. The fourth-order valence-corrected chi connectivity index (χ4v) is 2.29. The number of amides is 1. The first-order valence-corrected chi connectivity index (χ1v) is 4.76. The van der Waals surface area contributed by atoms with Gasteiger partial charge in [-0.1, -0.05) is 12.1 Å². The van der Waals surface area contributed by atoms with E-state index in [4.69, 9.17) is 0 Å². The first-order chi connectivity index (χ1) is 5.61. The van der Waals surface area contributed by atoms with Gasteiger partial charge in [-0.25, -0.2) is 13.1 Å². The standard InChI is InChI=1S/C7H5NO3S.BH3.Ca.Mg.4H/c9-7-5-3-1-2-4-6(5)12(10,11)8-7;;;;;;;/h1-4H,(H,8,9);1H3;;;;;;. The Morgan fingerprint density at radius 3 is 2.20 bits per heavy atom. The van der Waals surface area contributed by atoms with Gasteiger partial charge in [-0.3, -0.25) is 4.79 Å². The third kappa shape index (κ3) is 3.34. The molecule has 1 N–H and O–H groups in total. The summed E-state index contributed by atoms with van der Waals surface area (Å²) in [4.78, 5) is 11.1. The number of benzene rings is 1. The van der Waals surface area contributed by atoms with E-state index in [-0.39, 0.29) is 79.7 Å². The van der Waals surface area contributed by atoms with Crippen LogP contribution in [-0.4, -0.2) is 83.5 Å². The van der Waals surface area contributed by atoms with Crippen molar-refractivity contribution in [2.45, 2.75) is 4.90 Å². The molecule has 1 aromatic rings. The van der Waals surface area contributed by atoms with E-state index >= 15 is 0 Å². The number of fused-ring (bicyclic) bond motifs is 1. The number of rotatable bonds is 0. The summed E-state index contributed by atoms with van der Waals surface area (Å²) in [6, 6.07) is 6.09. The van der Waals surface area contributed by atoms with Gasteiger partial charge in [0.15, 0.2) is 0 Å². The molecular weight excluding hydrogens is 253 g/mol. The quantitative estimate of drug-likeness (QED) is 0.512. The van der Waals surface area contributed by atoms with Crippen molar-refractivity contribution < 1.29 is 13.2 Å². The molecule has 1 aromatic carbocycles. The molecule has 2 rings (SSSR count). The number of nitrogens with one attached hydrogen (secondary N) is 1. The van der Waals surface area contributed by atoms with Gasteiger partial charge in [0.05, 0.1) is 14.0 Å². The number of sulfonamides is 1. The van der Waals surface area contributed by atoms with Crippen LogP contribution in [0.2, 0.25) is 0 Å². The van der Waals surface area contributed by atoms with Crippen LogP contribution >= 0.6 is 0 Å². The maximum atomic E-state index is 11.1. The van der Waals surface area contributed by atoms with Crippen molar-refractivity contribution in [1.82, 2.24) is 4.72 Å². The Kier molecular flexibility index (Phi) is 7.80. The average Bonchev–Trinajstić information content (AvgIpc) is 2.25. The average molecular weight is 265 g/mol. The topological polar surface area (TPSA) is 63.2 Å². The molecule has 0 aliphatic carbocycles. The van der Waals surface area contributed by atoms with Crippen LogP contribution < -0.4 is 4.72 Å². The Bertz CT molecular complexity index is 465. The Morgan fingerprint density at radius 2 is 1.67 bits per heavy atom. The van der Waals surface area contributed by atoms with Gasteiger partial charge in [0, 0.05) is 0 Å². The molecule has 76 valence electrons. The maximum absolute atomic E-state index is 11.1. The molecule has 0 fully saturated rings. The fraction of sp³-hybridized carbons (Fsp3) is 0. The minimum Gasteiger partial charge on any atom is 0.316 e. The van der Waals surface area contributed by atoms with Crippen LogP contribution in [0.25, 0.3) is 0 Å². The van der Waals surface area contributed by atoms with Crippen molar-refractivity contribution in [1.29, 1.82) is 0 Å². The third-order valence-electron chi connectivity index (χ3n) is 1.65. The van der Waals surface area contributed by atoms with Crippen molar-refractivity contribution in [2.24, 2.45) is 0 Å². The van der Waals surface area contributed by atoms with Gasteiger partial charge in [-0.2, -0.15) is 0 Å². The molecule has 1 aliphatic heterocycles. The van der Waals surface area contributed by atoms with Gasteiger partial charge < -0.3 is 0 Å². The third-order valence-corrected chi connectivity index (χ3v) is 3.04. The van der Waals surface area contributed by atoms with Gasteiger partial charge >= 0.3 is 60.8 Å². The van der Waals surface area contributed by atoms with Crippen LogP contribution in [0.4, 0.5) is 0 Å². The molecule has 0 bridgehead atoms. The van der Waals surface area contributed by atoms with Gasteiger partial charge in [0.2, 0.25) is 0 Å². The molecule has 1 aliphatic rings. The molecule has 1 heterocycles. The summed E-state index contributed by atoms with van der Waals surface area (Å²) in [6.45, 7) is 0. The molecule has 0 saturated carbocycles. The number of carbonyl (C=O) groups is 1. The Hall–Kier alpha value is 0.731. The molecule has 0 atom stereocenters. The van der Waals surface area contributed by atoms with E-state index in [1.165, 1.54) is 12.1 Å². The van der Waals surface area contributed by atoms with E-state index in [1.807, 2.05) is 4.72 Å². The number of hydrogen-bond donors (Lipinski definition) is 1. The summed E-state index contributed by atoms with van der Waals surface area (Å²) in [5.41, 5.74) is 0.220. The molecule has 15 heavy (non-hydrogen) atoms. The van der Waals surface area contributed by atoms with Crippen molar-refractivity contribution in [3.05, 3.63) is 29.8 Å². The zero-order chi connectivity index (χ0) is 8.77. The SMILES string of the molecule is B.O=C1NS(=O)(=O)c2ccccc21.[CaH2].[MgH2]. The van der Waals surface area contributed by atoms with E-state index in [0.717, 1.165) is 0 Å². The van der Waals surface area contributed by atoms with E-state index in [9.17, 15) is 13.2 Å². The van der Waals surface area contributed by atoms with Crippen molar-refractivity contribution in [3.63, 3.8) is 0 Å². The number of hydrogen-bond acceptors (Lipinski definition) is 3. The summed E-state index contributed by atoms with van der Waals surface area (Å²) in [6.07, 6.45) is 0. The van der Waals surface area contributed by atoms with Gasteiger partial charge in [0.1, 0.15) is 4.90 Å². The van der Waals surface area contributed by atoms with Crippen LogP contribution in [0.1, 0.15) is 10.4 Å². The predicted molar refractivity (Wildman–Crippen MR) is 68.1 cm³/mol. The van der Waals surface area contributed by atoms with Crippen LogP contribution in [0, 0.1) is 0 Å². The van der Waals surface area contributed by atoms with Crippen LogP contribution in [0.5, 0.6) is 0 Å². The molecule has 0 aromatic heterocycles. The molecule has 4 nitrogen and oxygen atoms in total. The Morgan fingerprint density at radius 1 is 1.13 bits per heavy atom. The van der Waals surface area contributed by atoms with E-state index in [0.29, 0.717) is 0 Å². The summed E-state index contributed by atoms with van der Waals surface area (Å²) in [5.74, 6) is -0.550. The molecule has 0 radical (unpaired) electrons. The van der Waals surface area contributed by atoms with Crippen molar-refractivity contribution >= 4 is 85.1 Å². The summed E-state index contributed by atoms with van der Waals surface area (Å²) >= 11 is 0. The molecule has 0 unspecified atom stereocenters. The van der Waals surface area contributed by atoms with Gasteiger partial charge in [-0.15, -0.1) is 0 Å². The second kappa shape index (κ2) is 6.46. The van der Waals surface area contributed by atoms with E-state index < -0.39 is 15.9 Å². The van der Waals surface area contributed by atoms with Crippen LogP contribution in [0.15, 0.2) is 29.2 Å². The Balaban J connectivity index is 0. The zero-order valence-electron chi connectivity index (χ0n) is 5.94. The van der Waals surface area contributed by atoms with E-state index in [1.54, 1.807) is 12.1 Å². The van der Waals surface area contributed by atoms with Crippen molar-refractivity contribution in [2.75, 3.05) is 0 Å². The van der Waals surface area contributed by atoms with Gasteiger partial charge in [0.25, 0.3) is 15.9 Å². The smallest absolute Gasteiger partial charge is 0.316 e. The first-order valence-electron chi connectivity index (χ1n) is 3.27. The minimum atomic E-state index is -3.55. The first kappa shape index (κ1) is 18.1. The molecule has 1 amide bonds. The summed E-state index contributed by atoms with van der Waals surface area (Å²) in [7, 11) is -3.55. The van der Waals surface area contributed by atoms with Crippen molar-refractivity contribution in [3.8, 4) is 0 Å². The van der Waals surface area contributed by atoms with E-state index in [2.05, 4.69) is 0 Å². The van der Waals surface area contributed by atoms with Crippen LogP contribution in [-0.2, 0) is 10.0 Å². The number of carbonyl (C=O) groups excluding carboxylic acids is 1. The second-order valence-corrected chi connectivity index (χ2v) is 4.08.